The SMILES string of the molecule is Cc1nnc(COc2cnc(/C(F)=C/c3ccc(F)c([C@]4(C)CC5C[C@](CF)(C(N)=N4)S(=O)(=O)C5)c3)cn2)o1. The van der Waals surface area contributed by atoms with Crippen molar-refractivity contribution in [2.75, 3.05) is 12.4 Å². The van der Waals surface area contributed by atoms with Crippen LogP contribution in [0.5, 0.6) is 5.88 Å². The molecular formula is C25H25F3N6O4S. The summed E-state index contributed by atoms with van der Waals surface area (Å²) in [6.07, 6.45) is 3.68. The number of fused-ring (bicyclic) bond motifs is 2. The number of rotatable bonds is 7. The Morgan fingerprint density at radius 1 is 1.26 bits per heavy atom. The van der Waals surface area contributed by atoms with Gasteiger partial charge in [0.1, 0.15) is 24.0 Å². The number of amidine groups is 1. The summed E-state index contributed by atoms with van der Waals surface area (Å²) in [6.45, 7) is 2.02. The minimum Gasteiger partial charge on any atom is -0.466 e. The average Bonchev–Trinajstić information content (AvgIpc) is 3.39. The smallest absolute Gasteiger partial charge is 0.253 e. The average molecular weight is 563 g/mol. The Labute approximate surface area is 222 Å². The second-order valence-electron chi connectivity index (χ2n) is 9.93. The highest BCUT2D eigenvalue weighted by molar-refractivity contribution is 7.94. The van der Waals surface area contributed by atoms with Crippen LogP contribution in [0.15, 0.2) is 40.0 Å². The fourth-order valence-electron chi connectivity index (χ4n) is 5.18. The molecule has 1 aromatic carbocycles. The molecule has 1 unspecified atom stereocenters. The number of benzene rings is 1. The third-order valence-corrected chi connectivity index (χ3v) is 9.64. The zero-order valence-electron chi connectivity index (χ0n) is 21.1. The zero-order chi connectivity index (χ0) is 28.0. The topological polar surface area (TPSA) is 146 Å². The van der Waals surface area contributed by atoms with E-state index < -0.39 is 44.4 Å². The van der Waals surface area contributed by atoms with Gasteiger partial charge in [-0.05, 0) is 49.5 Å². The predicted octanol–water partition coefficient (Wildman–Crippen LogP) is 3.47. The summed E-state index contributed by atoms with van der Waals surface area (Å²) in [7, 11) is -3.84. The van der Waals surface area contributed by atoms with Gasteiger partial charge in [-0.2, -0.15) is 0 Å². The minimum atomic E-state index is -3.84. The molecule has 1 saturated heterocycles. The van der Waals surface area contributed by atoms with Gasteiger partial charge in [-0.15, -0.1) is 10.2 Å². The second-order valence-corrected chi connectivity index (χ2v) is 12.3. The summed E-state index contributed by atoms with van der Waals surface area (Å²) in [5.74, 6) is -1.70. The third kappa shape index (κ3) is 4.88. The Balaban J connectivity index is 1.39. The normalized spacial score (nSPS) is 26.2. The lowest BCUT2D eigenvalue weighted by molar-refractivity contribution is 0.250. The van der Waals surface area contributed by atoms with E-state index in [1.54, 1.807) is 13.8 Å². The van der Waals surface area contributed by atoms with Crippen molar-refractivity contribution in [3.8, 4) is 5.88 Å². The van der Waals surface area contributed by atoms with E-state index in [4.69, 9.17) is 14.9 Å². The van der Waals surface area contributed by atoms with Crippen molar-refractivity contribution in [1.82, 2.24) is 20.2 Å². The molecule has 0 saturated carbocycles. The van der Waals surface area contributed by atoms with Gasteiger partial charge in [-0.1, -0.05) is 6.07 Å². The van der Waals surface area contributed by atoms with Gasteiger partial charge in [0.05, 0.1) is 23.7 Å². The first-order chi connectivity index (χ1) is 18.4. The van der Waals surface area contributed by atoms with Crippen LogP contribution in [-0.4, -0.2) is 51.6 Å². The van der Waals surface area contributed by atoms with E-state index in [1.807, 2.05) is 0 Å². The number of aliphatic imine (C=N–C) groups is 1. The number of halogens is 3. The first kappa shape index (κ1) is 26.8. The molecule has 14 heteroatoms. The maximum atomic E-state index is 15.1. The maximum Gasteiger partial charge on any atom is 0.253 e. The van der Waals surface area contributed by atoms with Gasteiger partial charge in [-0.3, -0.25) is 4.99 Å². The van der Waals surface area contributed by atoms with Gasteiger partial charge in [0, 0.05) is 12.5 Å². The molecule has 0 radical (unpaired) electrons. The maximum absolute atomic E-state index is 15.1. The minimum absolute atomic E-state index is 0.0144. The van der Waals surface area contributed by atoms with Gasteiger partial charge in [0.2, 0.25) is 11.8 Å². The lowest BCUT2D eigenvalue weighted by atomic mass is 9.82. The Bertz CT molecular complexity index is 1580. The van der Waals surface area contributed by atoms with Gasteiger partial charge in [0.25, 0.3) is 5.89 Å². The Kier molecular flexibility index (Phi) is 6.69. The van der Waals surface area contributed by atoms with Crippen LogP contribution < -0.4 is 10.5 Å². The molecule has 0 spiro atoms. The van der Waals surface area contributed by atoms with Gasteiger partial charge < -0.3 is 14.9 Å². The van der Waals surface area contributed by atoms with Gasteiger partial charge in [-0.25, -0.2) is 31.6 Å². The number of sulfone groups is 1. The molecule has 0 amide bonds. The van der Waals surface area contributed by atoms with Crippen LogP contribution in [-0.2, 0) is 22.0 Å². The number of hydrogen-bond donors (Lipinski definition) is 1. The lowest BCUT2D eigenvalue weighted by Crippen LogP contribution is -2.50. The molecule has 2 N–H and O–H groups in total. The molecule has 0 aliphatic carbocycles. The molecule has 2 aliphatic heterocycles. The summed E-state index contributed by atoms with van der Waals surface area (Å²) in [5.41, 5.74) is 5.10. The molecule has 206 valence electrons. The number of aryl methyl sites for hydroxylation is 1. The molecule has 2 aliphatic rings. The summed E-state index contributed by atoms with van der Waals surface area (Å²) in [5, 5.41) is 7.48. The van der Waals surface area contributed by atoms with Crippen LogP contribution in [0, 0.1) is 18.7 Å². The van der Waals surface area contributed by atoms with Crippen molar-refractivity contribution < 1.29 is 30.7 Å². The van der Waals surface area contributed by atoms with Crippen LogP contribution >= 0.6 is 0 Å². The first-order valence-corrected chi connectivity index (χ1v) is 13.7. The van der Waals surface area contributed by atoms with Crippen molar-refractivity contribution >= 4 is 27.6 Å². The molecule has 39 heavy (non-hydrogen) atoms. The van der Waals surface area contributed by atoms with Crippen LogP contribution in [0.25, 0.3) is 11.9 Å². The third-order valence-electron chi connectivity index (χ3n) is 7.05. The van der Waals surface area contributed by atoms with E-state index in [-0.39, 0.29) is 54.1 Å². The zero-order valence-corrected chi connectivity index (χ0v) is 21.9. The summed E-state index contributed by atoms with van der Waals surface area (Å²) in [4.78, 5) is 12.4. The molecule has 2 aromatic heterocycles. The molecule has 5 rings (SSSR count). The number of nitrogens with two attached hydrogens (primary N) is 1. The van der Waals surface area contributed by atoms with E-state index in [0.717, 1.165) is 12.1 Å². The number of alkyl halides is 1. The van der Waals surface area contributed by atoms with Crippen molar-refractivity contribution in [2.24, 2.45) is 16.6 Å². The Morgan fingerprint density at radius 2 is 2.05 bits per heavy atom. The van der Waals surface area contributed by atoms with E-state index >= 15 is 8.78 Å². The highest BCUT2D eigenvalue weighted by Gasteiger charge is 2.58. The fraction of sp³-hybridized carbons (Fsp3) is 0.400. The monoisotopic (exact) mass is 562 g/mol. The Hall–Kier alpha value is -3.81. The van der Waals surface area contributed by atoms with E-state index in [9.17, 15) is 12.8 Å². The summed E-state index contributed by atoms with van der Waals surface area (Å²) < 4.78 is 78.2. The standard InChI is InChI=1S/C25H25F3N6O4S/c1-14-33-34-22(38-14)11-37-21-10-30-20(9-31-21)19(28)6-15-3-4-18(27)17(5-15)24(2)7-16-8-25(13-26,23(29)32-24)39(35,36)12-16/h3-6,9-10,16H,7-8,11-13H2,1-2H3,(H2,29,32)/b19-6-/t16?,24-,25-/m0/s1. The lowest BCUT2D eigenvalue weighted by Gasteiger charge is -2.30. The van der Waals surface area contributed by atoms with E-state index in [1.165, 1.54) is 24.5 Å². The van der Waals surface area contributed by atoms with Gasteiger partial charge >= 0.3 is 0 Å². The van der Waals surface area contributed by atoms with Crippen molar-refractivity contribution in [3.63, 3.8) is 0 Å². The molecule has 10 nitrogen and oxygen atoms in total. The quantitative estimate of drug-likeness (QED) is 0.457. The van der Waals surface area contributed by atoms with Crippen LogP contribution in [0.4, 0.5) is 13.2 Å². The molecule has 1 fully saturated rings. The highest BCUT2D eigenvalue weighted by atomic mass is 32.2. The Morgan fingerprint density at radius 3 is 2.72 bits per heavy atom. The van der Waals surface area contributed by atoms with E-state index in [2.05, 4.69) is 25.2 Å². The van der Waals surface area contributed by atoms with Crippen molar-refractivity contribution in [2.45, 2.75) is 43.6 Å². The highest BCUT2D eigenvalue weighted by Crippen LogP contribution is 2.48. The van der Waals surface area contributed by atoms with E-state index in [0.29, 0.717) is 11.5 Å². The van der Waals surface area contributed by atoms with Crippen molar-refractivity contribution in [3.05, 3.63) is 65.0 Å². The largest absolute Gasteiger partial charge is 0.466 e. The molecule has 3 atom stereocenters. The van der Waals surface area contributed by atoms with Crippen molar-refractivity contribution in [1.29, 1.82) is 0 Å². The summed E-state index contributed by atoms with van der Waals surface area (Å²) >= 11 is 0. The summed E-state index contributed by atoms with van der Waals surface area (Å²) in [6, 6.07) is 3.96. The number of ether oxygens (including phenoxy) is 1. The predicted molar refractivity (Wildman–Crippen MR) is 135 cm³/mol. The van der Waals surface area contributed by atoms with Gasteiger partial charge in [0.15, 0.2) is 27.0 Å². The molecular weight excluding hydrogens is 537 g/mol. The number of hydrogen-bond acceptors (Lipinski definition) is 10. The number of nitrogens with zero attached hydrogens (tertiary/aromatic N) is 5. The molecule has 4 heterocycles. The van der Waals surface area contributed by atoms with Crippen LogP contribution in [0.1, 0.15) is 48.4 Å². The second kappa shape index (κ2) is 9.74. The first-order valence-electron chi connectivity index (χ1n) is 12.0. The number of aromatic nitrogens is 4. The molecule has 2 bridgehead atoms. The fourth-order valence-corrected chi connectivity index (χ4v) is 7.38. The molecule has 3 aromatic rings. The van der Waals surface area contributed by atoms with Crippen LogP contribution in [0.2, 0.25) is 0 Å². The van der Waals surface area contributed by atoms with Crippen LogP contribution in [0.3, 0.4) is 0 Å².